The lowest BCUT2D eigenvalue weighted by Gasteiger charge is -2.23. The van der Waals surface area contributed by atoms with Crippen molar-refractivity contribution in [3.8, 4) is 0 Å². The monoisotopic (exact) mass is 300 g/mol. The zero-order valence-electron chi connectivity index (χ0n) is 12.3. The molecule has 0 aliphatic heterocycles. The number of aliphatic hydroxyl groups excluding tert-OH is 1. The van der Waals surface area contributed by atoms with E-state index < -0.39 is 6.10 Å². The Morgan fingerprint density at radius 2 is 1.76 bits per heavy atom. The van der Waals surface area contributed by atoms with Gasteiger partial charge in [0.25, 0.3) is 0 Å². The predicted octanol–water partition coefficient (Wildman–Crippen LogP) is 2.70. The average Bonchev–Trinajstić information content (AvgIpc) is 2.54. The van der Waals surface area contributed by atoms with Crippen LogP contribution in [0.1, 0.15) is 22.8 Å². The molecule has 0 heterocycles. The van der Waals surface area contributed by atoms with Gasteiger partial charge in [-0.15, -0.1) is 0 Å². The molecule has 0 amide bonds. The summed E-state index contributed by atoms with van der Waals surface area (Å²) in [5, 5.41) is 14.3. The molecule has 0 saturated carbocycles. The predicted molar refractivity (Wildman–Crippen MR) is 90.1 cm³/mol. The number of nitrogens with one attached hydrogen (secondary N) is 1. The number of benzene rings is 2. The van der Waals surface area contributed by atoms with Gasteiger partial charge >= 0.3 is 0 Å². The molecule has 4 heteroatoms. The quantitative estimate of drug-likeness (QED) is 0.851. The Morgan fingerprint density at radius 3 is 2.43 bits per heavy atom. The molecular weight excluding hydrogens is 280 g/mol. The summed E-state index contributed by atoms with van der Waals surface area (Å²) in [6.45, 7) is 0.653. The highest BCUT2D eigenvalue weighted by molar-refractivity contribution is 7.80. The van der Waals surface area contributed by atoms with Gasteiger partial charge in [0.2, 0.25) is 0 Å². The van der Waals surface area contributed by atoms with Crippen molar-refractivity contribution in [2.75, 3.05) is 14.1 Å². The molecule has 0 radical (unpaired) electrons. The summed E-state index contributed by atoms with van der Waals surface area (Å²) >= 11 is 5.23. The fourth-order valence-corrected chi connectivity index (χ4v) is 2.34. The molecule has 1 unspecified atom stereocenters. The van der Waals surface area contributed by atoms with Gasteiger partial charge < -0.3 is 15.3 Å². The van der Waals surface area contributed by atoms with E-state index in [1.54, 1.807) is 0 Å². The first-order chi connectivity index (χ1) is 10.1. The number of hydrogen-bond donors (Lipinski definition) is 2. The van der Waals surface area contributed by atoms with E-state index in [-0.39, 0.29) is 0 Å². The molecule has 0 aliphatic rings. The van der Waals surface area contributed by atoms with Crippen LogP contribution < -0.4 is 5.32 Å². The van der Waals surface area contributed by atoms with Crippen molar-refractivity contribution in [1.29, 1.82) is 0 Å². The molecular formula is C17H20N2OS. The minimum Gasteiger partial charge on any atom is -0.384 e. The van der Waals surface area contributed by atoms with E-state index in [4.69, 9.17) is 12.2 Å². The number of thiocarbonyl (C=S) groups is 1. The van der Waals surface area contributed by atoms with E-state index in [2.05, 4.69) is 5.32 Å². The Balaban J connectivity index is 2.27. The molecule has 3 nitrogen and oxygen atoms in total. The number of hydrogen-bond acceptors (Lipinski definition) is 2. The second-order valence-electron chi connectivity index (χ2n) is 4.92. The first-order valence-electron chi connectivity index (χ1n) is 6.87. The number of aliphatic hydroxyl groups is 1. The molecule has 0 bridgehead atoms. The Labute approximate surface area is 131 Å². The third-order valence-corrected chi connectivity index (χ3v) is 3.95. The maximum atomic E-state index is 10.6. The van der Waals surface area contributed by atoms with Gasteiger partial charge in [-0.25, -0.2) is 0 Å². The highest BCUT2D eigenvalue weighted by Gasteiger charge is 2.15. The maximum Gasteiger partial charge on any atom is 0.168 e. The van der Waals surface area contributed by atoms with Crippen LogP contribution in [0.15, 0.2) is 54.6 Å². The van der Waals surface area contributed by atoms with E-state index in [0.717, 1.165) is 16.7 Å². The van der Waals surface area contributed by atoms with Crippen molar-refractivity contribution < 1.29 is 5.11 Å². The minimum absolute atomic E-state index is 0.626. The molecule has 21 heavy (non-hydrogen) atoms. The van der Waals surface area contributed by atoms with Gasteiger partial charge in [-0.1, -0.05) is 54.6 Å². The maximum absolute atomic E-state index is 10.6. The molecule has 2 aromatic rings. The van der Waals surface area contributed by atoms with E-state index >= 15 is 0 Å². The summed E-state index contributed by atoms with van der Waals surface area (Å²) in [5.41, 5.74) is 2.87. The fraction of sp³-hybridized carbons (Fsp3) is 0.235. The van der Waals surface area contributed by atoms with Crippen LogP contribution in [0, 0.1) is 0 Å². The second-order valence-corrected chi connectivity index (χ2v) is 5.31. The smallest absolute Gasteiger partial charge is 0.168 e. The first-order valence-corrected chi connectivity index (χ1v) is 7.28. The van der Waals surface area contributed by atoms with Crippen molar-refractivity contribution in [1.82, 2.24) is 10.2 Å². The van der Waals surface area contributed by atoms with Gasteiger partial charge in [-0.3, -0.25) is 0 Å². The number of nitrogens with zero attached hydrogens (tertiary/aromatic N) is 1. The lowest BCUT2D eigenvalue weighted by Crippen LogP contribution is -2.34. The van der Waals surface area contributed by atoms with Gasteiger partial charge in [-0.2, -0.15) is 0 Å². The van der Waals surface area contributed by atoms with Gasteiger partial charge in [0.15, 0.2) is 5.11 Å². The summed E-state index contributed by atoms with van der Waals surface area (Å²) in [4.78, 5) is 1.95. The van der Waals surface area contributed by atoms with Crippen LogP contribution in [-0.2, 0) is 6.54 Å². The summed E-state index contributed by atoms with van der Waals surface area (Å²) in [5.74, 6) is 0. The Kier molecular flexibility index (Phi) is 5.31. The van der Waals surface area contributed by atoms with Crippen LogP contribution in [0.4, 0.5) is 0 Å². The van der Waals surface area contributed by atoms with Gasteiger partial charge in [0, 0.05) is 20.6 Å². The Hall–Kier alpha value is -1.91. The highest BCUT2D eigenvalue weighted by Crippen LogP contribution is 2.25. The van der Waals surface area contributed by atoms with Crippen molar-refractivity contribution in [2.45, 2.75) is 12.6 Å². The second kappa shape index (κ2) is 7.20. The zero-order chi connectivity index (χ0) is 15.2. The van der Waals surface area contributed by atoms with E-state index in [9.17, 15) is 5.11 Å². The van der Waals surface area contributed by atoms with Crippen LogP contribution in [-0.4, -0.2) is 29.2 Å². The molecule has 0 aliphatic carbocycles. The van der Waals surface area contributed by atoms with Crippen LogP contribution in [0.5, 0.6) is 0 Å². The Morgan fingerprint density at radius 1 is 1.14 bits per heavy atom. The van der Waals surface area contributed by atoms with Gasteiger partial charge in [0.1, 0.15) is 6.10 Å². The lowest BCUT2D eigenvalue weighted by atomic mass is 9.96. The van der Waals surface area contributed by atoms with Crippen molar-refractivity contribution in [2.24, 2.45) is 0 Å². The van der Waals surface area contributed by atoms with Crippen LogP contribution in [0.3, 0.4) is 0 Å². The molecule has 0 aromatic heterocycles. The molecule has 1 atom stereocenters. The normalized spacial score (nSPS) is 11.8. The average molecular weight is 300 g/mol. The summed E-state index contributed by atoms with van der Waals surface area (Å²) in [6.07, 6.45) is -0.626. The minimum atomic E-state index is -0.626. The van der Waals surface area contributed by atoms with Crippen LogP contribution in [0.2, 0.25) is 0 Å². The van der Waals surface area contributed by atoms with Crippen molar-refractivity contribution in [3.63, 3.8) is 0 Å². The van der Waals surface area contributed by atoms with Gasteiger partial charge in [-0.05, 0) is 28.9 Å². The summed E-state index contributed by atoms with van der Waals surface area (Å²) in [7, 11) is 3.74. The summed E-state index contributed by atoms with van der Waals surface area (Å²) < 4.78 is 0. The zero-order valence-corrected chi connectivity index (χ0v) is 13.1. The molecule has 0 spiro atoms. The van der Waals surface area contributed by atoms with E-state index in [0.29, 0.717) is 11.7 Å². The fourth-order valence-electron chi connectivity index (χ4n) is 2.28. The van der Waals surface area contributed by atoms with Crippen LogP contribution in [0.25, 0.3) is 0 Å². The largest absolute Gasteiger partial charge is 0.384 e. The Bertz CT molecular complexity index is 601. The molecule has 110 valence electrons. The third kappa shape index (κ3) is 3.80. The van der Waals surface area contributed by atoms with E-state index in [1.165, 1.54) is 0 Å². The topological polar surface area (TPSA) is 35.5 Å². The SMILES string of the molecule is CNC(=S)N(C)Cc1ccccc1C(O)c1ccccc1. The lowest BCUT2D eigenvalue weighted by molar-refractivity contribution is 0.218. The standard InChI is InChI=1S/C17H20N2OS/c1-18-17(21)19(2)12-14-10-6-7-11-15(14)16(20)13-8-4-3-5-9-13/h3-11,16,20H,12H2,1-2H3,(H,18,21). The van der Waals surface area contributed by atoms with Crippen LogP contribution >= 0.6 is 12.2 Å². The van der Waals surface area contributed by atoms with Crippen molar-refractivity contribution >= 4 is 17.3 Å². The third-order valence-electron chi connectivity index (χ3n) is 3.43. The molecule has 0 saturated heterocycles. The molecule has 2 aromatic carbocycles. The molecule has 0 fully saturated rings. The first kappa shape index (κ1) is 15.5. The van der Waals surface area contributed by atoms with E-state index in [1.807, 2.05) is 73.6 Å². The highest BCUT2D eigenvalue weighted by atomic mass is 32.1. The summed E-state index contributed by atoms with van der Waals surface area (Å²) in [6, 6.07) is 17.6. The molecule has 2 rings (SSSR count). The van der Waals surface area contributed by atoms with Gasteiger partial charge in [0.05, 0.1) is 0 Å². The molecule has 2 N–H and O–H groups in total. The number of rotatable bonds is 4. The van der Waals surface area contributed by atoms with Crippen molar-refractivity contribution in [3.05, 3.63) is 71.3 Å².